The van der Waals surface area contributed by atoms with E-state index < -0.39 is 27.8 Å². The molecule has 0 radical (unpaired) electrons. The molecule has 7 heteroatoms. The Morgan fingerprint density at radius 2 is 1.58 bits per heavy atom. The van der Waals surface area contributed by atoms with Gasteiger partial charge in [0.2, 0.25) is 5.91 Å². The minimum atomic E-state index is -4.23. The van der Waals surface area contributed by atoms with Crippen LogP contribution in [-0.2, 0) is 24.3 Å². The van der Waals surface area contributed by atoms with E-state index in [9.17, 15) is 18.0 Å². The lowest BCUT2D eigenvalue weighted by atomic mass is 9.88. The van der Waals surface area contributed by atoms with Crippen LogP contribution in [0.3, 0.4) is 0 Å². The average Bonchev–Trinajstić information content (AvgIpc) is 2.81. The Balaban J connectivity index is 1.97. The van der Waals surface area contributed by atoms with Crippen LogP contribution in [0.4, 0.5) is 5.69 Å². The van der Waals surface area contributed by atoms with Crippen molar-refractivity contribution in [3.05, 3.63) is 101 Å². The number of benzene rings is 3. The summed E-state index contributed by atoms with van der Waals surface area (Å²) >= 11 is 0. The fourth-order valence-corrected chi connectivity index (χ4v) is 5.37. The summed E-state index contributed by atoms with van der Waals surface area (Å²) in [6, 6.07) is 21.9. The third-order valence-electron chi connectivity index (χ3n) is 5.62. The van der Waals surface area contributed by atoms with Crippen molar-refractivity contribution in [3.63, 3.8) is 0 Å². The van der Waals surface area contributed by atoms with Gasteiger partial charge in [-0.1, -0.05) is 66.2 Å². The molecule has 1 aliphatic rings. The molecule has 1 unspecified atom stereocenters. The zero-order chi connectivity index (χ0) is 23.6. The highest BCUT2D eigenvalue weighted by Crippen LogP contribution is 2.38. The van der Waals surface area contributed by atoms with Crippen molar-refractivity contribution in [2.75, 3.05) is 11.4 Å². The normalized spacial score (nSPS) is 17.9. The van der Waals surface area contributed by atoms with Crippen LogP contribution >= 0.6 is 0 Å². The second kappa shape index (κ2) is 9.03. The number of hydrogen-bond donors (Lipinski definition) is 0. The summed E-state index contributed by atoms with van der Waals surface area (Å²) in [5.74, 6) is -2.10. The molecule has 1 atom stereocenters. The van der Waals surface area contributed by atoms with E-state index in [1.54, 1.807) is 66.7 Å². The fraction of sp³-hybridized carbons (Fsp3) is 0.154. The van der Waals surface area contributed by atoms with Crippen molar-refractivity contribution < 1.29 is 22.7 Å². The maximum atomic E-state index is 14.0. The Hall–Kier alpha value is -3.71. The standard InChI is InChI=1S/C26H23NO5S/c1-18-12-14-22(15-13-18)33(30,31)27-24-11-7-6-10-20(24)16-21(26(29)32-2)17-23(25(27)28)19-8-4-3-5-9-19/h3-16,23H,17H2,1-2H3/b21-16+. The molecule has 1 heterocycles. The van der Waals surface area contributed by atoms with Crippen LogP contribution in [-0.4, -0.2) is 27.4 Å². The number of amides is 1. The Morgan fingerprint density at radius 1 is 0.939 bits per heavy atom. The van der Waals surface area contributed by atoms with Gasteiger partial charge in [-0.3, -0.25) is 4.79 Å². The Labute approximate surface area is 193 Å². The molecule has 168 valence electrons. The lowest BCUT2D eigenvalue weighted by molar-refractivity contribution is -0.136. The molecule has 0 saturated heterocycles. The maximum Gasteiger partial charge on any atom is 0.333 e. The van der Waals surface area contributed by atoms with Gasteiger partial charge in [0.25, 0.3) is 10.0 Å². The highest BCUT2D eigenvalue weighted by molar-refractivity contribution is 7.93. The second-order valence-corrected chi connectivity index (χ2v) is 9.59. The number of esters is 1. The van der Waals surface area contributed by atoms with Crippen LogP contribution in [0.1, 0.15) is 29.0 Å². The topological polar surface area (TPSA) is 80.8 Å². The van der Waals surface area contributed by atoms with Crippen molar-refractivity contribution in [3.8, 4) is 0 Å². The van der Waals surface area contributed by atoms with Gasteiger partial charge in [-0.2, -0.15) is 0 Å². The van der Waals surface area contributed by atoms with E-state index >= 15 is 0 Å². The molecule has 0 bridgehead atoms. The van der Waals surface area contributed by atoms with Crippen LogP contribution in [0.2, 0.25) is 0 Å². The van der Waals surface area contributed by atoms with E-state index in [0.29, 0.717) is 16.7 Å². The molecular formula is C26H23NO5S. The molecule has 3 aromatic rings. The summed E-state index contributed by atoms with van der Waals surface area (Å²) < 4.78 is 33.4. The zero-order valence-electron chi connectivity index (χ0n) is 18.3. The molecule has 1 aliphatic heterocycles. The van der Waals surface area contributed by atoms with Crippen LogP contribution < -0.4 is 4.31 Å². The first kappa shape index (κ1) is 22.5. The van der Waals surface area contributed by atoms with Crippen LogP contribution in [0, 0.1) is 6.92 Å². The monoisotopic (exact) mass is 461 g/mol. The summed E-state index contributed by atoms with van der Waals surface area (Å²) in [6.07, 6.45) is 1.60. The van der Waals surface area contributed by atoms with Crippen molar-refractivity contribution in [1.82, 2.24) is 0 Å². The second-order valence-electron chi connectivity index (χ2n) is 7.81. The third kappa shape index (κ3) is 4.32. The van der Waals surface area contributed by atoms with Crippen LogP contribution in [0.5, 0.6) is 0 Å². The van der Waals surface area contributed by atoms with Crippen molar-refractivity contribution in [1.29, 1.82) is 0 Å². The van der Waals surface area contributed by atoms with Crippen molar-refractivity contribution >= 4 is 33.7 Å². The van der Waals surface area contributed by atoms with Gasteiger partial charge in [0.1, 0.15) is 0 Å². The number of carbonyl (C=O) groups excluding carboxylic acids is 2. The molecule has 0 fully saturated rings. The van der Waals surface area contributed by atoms with E-state index in [-0.39, 0.29) is 17.0 Å². The van der Waals surface area contributed by atoms with E-state index in [2.05, 4.69) is 0 Å². The van der Waals surface area contributed by atoms with Gasteiger partial charge in [-0.15, -0.1) is 0 Å². The Morgan fingerprint density at radius 3 is 2.24 bits per heavy atom. The molecule has 0 aromatic heterocycles. The van der Waals surface area contributed by atoms with E-state index in [0.717, 1.165) is 9.87 Å². The zero-order valence-corrected chi connectivity index (χ0v) is 19.1. The summed E-state index contributed by atoms with van der Waals surface area (Å²) in [4.78, 5) is 26.5. The third-order valence-corrected chi connectivity index (χ3v) is 7.34. The van der Waals surface area contributed by atoms with Gasteiger partial charge in [-0.05, 0) is 48.7 Å². The number of hydrogen-bond acceptors (Lipinski definition) is 5. The molecule has 6 nitrogen and oxygen atoms in total. The first-order valence-electron chi connectivity index (χ1n) is 10.4. The van der Waals surface area contributed by atoms with E-state index in [4.69, 9.17) is 4.74 Å². The number of sulfonamides is 1. The van der Waals surface area contributed by atoms with Crippen molar-refractivity contribution in [2.45, 2.75) is 24.2 Å². The summed E-state index contributed by atoms with van der Waals surface area (Å²) in [5, 5.41) is 0. The SMILES string of the molecule is COC(=O)/C1=C/c2ccccc2N(S(=O)(=O)c2ccc(C)cc2)C(=O)C(c2ccccc2)C1. The Kier molecular flexibility index (Phi) is 6.16. The van der Waals surface area contributed by atoms with Crippen LogP contribution in [0.25, 0.3) is 6.08 Å². The van der Waals surface area contributed by atoms with Gasteiger partial charge >= 0.3 is 5.97 Å². The van der Waals surface area contributed by atoms with Crippen LogP contribution in [0.15, 0.2) is 89.3 Å². The molecule has 3 aromatic carbocycles. The minimum absolute atomic E-state index is 0.00374. The predicted molar refractivity (Wildman–Crippen MR) is 126 cm³/mol. The molecular weight excluding hydrogens is 438 g/mol. The van der Waals surface area contributed by atoms with Crippen molar-refractivity contribution in [2.24, 2.45) is 0 Å². The first-order valence-corrected chi connectivity index (χ1v) is 11.9. The number of carbonyl (C=O) groups is 2. The highest BCUT2D eigenvalue weighted by Gasteiger charge is 2.39. The highest BCUT2D eigenvalue weighted by atomic mass is 32.2. The molecule has 0 spiro atoms. The molecule has 1 amide bonds. The lowest BCUT2D eigenvalue weighted by Crippen LogP contribution is -2.41. The maximum absolute atomic E-state index is 14.0. The molecule has 0 saturated carbocycles. The van der Waals surface area contributed by atoms with Gasteiger partial charge in [0, 0.05) is 5.57 Å². The van der Waals surface area contributed by atoms with Gasteiger partial charge in [0.05, 0.1) is 23.6 Å². The molecule has 0 N–H and O–H groups in total. The van der Waals surface area contributed by atoms with Gasteiger partial charge < -0.3 is 4.74 Å². The lowest BCUT2D eigenvalue weighted by Gasteiger charge is -2.30. The molecule has 33 heavy (non-hydrogen) atoms. The Bertz CT molecular complexity index is 1330. The quantitative estimate of drug-likeness (QED) is 0.536. The summed E-state index contributed by atoms with van der Waals surface area (Å²) in [5.41, 5.74) is 2.43. The van der Waals surface area contributed by atoms with E-state index in [1.165, 1.54) is 19.2 Å². The number of aryl methyl sites for hydroxylation is 1. The predicted octanol–water partition coefficient (Wildman–Crippen LogP) is 4.46. The van der Waals surface area contributed by atoms with Gasteiger partial charge in [-0.25, -0.2) is 17.5 Å². The van der Waals surface area contributed by atoms with Gasteiger partial charge in [0.15, 0.2) is 0 Å². The first-order chi connectivity index (χ1) is 15.8. The molecule has 0 aliphatic carbocycles. The smallest absolute Gasteiger partial charge is 0.333 e. The number of rotatable bonds is 4. The minimum Gasteiger partial charge on any atom is -0.466 e. The number of anilines is 1. The summed E-state index contributed by atoms with van der Waals surface area (Å²) in [7, 11) is -2.95. The number of fused-ring (bicyclic) bond motifs is 1. The number of ether oxygens (including phenoxy) is 1. The van der Waals surface area contributed by atoms with E-state index in [1.807, 2.05) is 13.0 Å². The molecule has 4 rings (SSSR count). The summed E-state index contributed by atoms with van der Waals surface area (Å²) in [6.45, 7) is 1.86. The number of para-hydroxylation sites is 1. The number of methoxy groups -OCH3 is 1. The fourth-order valence-electron chi connectivity index (χ4n) is 3.89. The number of nitrogens with zero attached hydrogens (tertiary/aromatic N) is 1. The largest absolute Gasteiger partial charge is 0.466 e. The average molecular weight is 462 g/mol.